The molecule has 0 fully saturated rings. The normalized spacial score (nSPS) is 12.8. The van der Waals surface area contributed by atoms with Crippen LogP contribution in [-0.2, 0) is 4.79 Å². The van der Waals surface area contributed by atoms with Gasteiger partial charge in [-0.2, -0.15) is 5.26 Å². The number of hydrogen-bond acceptors (Lipinski definition) is 3. The van der Waals surface area contributed by atoms with E-state index in [0.717, 1.165) is 11.1 Å². The first kappa shape index (κ1) is 11.2. The van der Waals surface area contributed by atoms with Crippen molar-refractivity contribution in [2.45, 2.75) is 0 Å². The number of amides is 1. The highest BCUT2D eigenvalue weighted by Crippen LogP contribution is 2.30. The minimum atomic E-state index is -0.610. The summed E-state index contributed by atoms with van der Waals surface area (Å²) in [6, 6.07) is 14.4. The number of fused-ring (bicyclic) bond motifs is 1. The number of anilines is 1. The first-order chi connectivity index (χ1) is 9.20. The third kappa shape index (κ3) is 1.69. The maximum absolute atomic E-state index is 11.7. The van der Waals surface area contributed by atoms with E-state index < -0.39 is 11.7 Å². The monoisotopic (exact) mass is 248 g/mol. The highest BCUT2D eigenvalue weighted by Gasteiger charge is 2.28. The van der Waals surface area contributed by atoms with Crippen LogP contribution in [-0.4, -0.2) is 11.7 Å². The zero-order valence-corrected chi connectivity index (χ0v) is 9.81. The van der Waals surface area contributed by atoms with Crippen LogP contribution >= 0.6 is 0 Å². The van der Waals surface area contributed by atoms with Crippen LogP contribution < -0.4 is 5.32 Å². The van der Waals surface area contributed by atoms with Gasteiger partial charge in [0.2, 0.25) is 0 Å². The van der Waals surface area contributed by atoms with Crippen LogP contribution in [0.2, 0.25) is 0 Å². The summed E-state index contributed by atoms with van der Waals surface area (Å²) in [6.45, 7) is 0. The lowest BCUT2D eigenvalue weighted by Crippen LogP contribution is -2.12. The number of Topliss-reactive ketones (excluding diaryl/α,β-unsaturated/α-hetero) is 1. The second-order valence-corrected chi connectivity index (χ2v) is 4.20. The van der Waals surface area contributed by atoms with Crippen molar-refractivity contribution in [3.05, 3.63) is 53.6 Å². The average molecular weight is 248 g/mol. The maximum atomic E-state index is 11.7. The van der Waals surface area contributed by atoms with Gasteiger partial charge in [-0.25, -0.2) is 0 Å². The summed E-state index contributed by atoms with van der Waals surface area (Å²) in [5.41, 5.74) is 2.91. The summed E-state index contributed by atoms with van der Waals surface area (Å²) in [6.07, 6.45) is 0. The molecule has 0 aliphatic carbocycles. The highest BCUT2D eigenvalue weighted by molar-refractivity contribution is 6.51. The van der Waals surface area contributed by atoms with Crippen LogP contribution in [0.1, 0.15) is 15.9 Å². The molecule has 1 aliphatic heterocycles. The molecule has 1 amide bonds. The van der Waals surface area contributed by atoms with Gasteiger partial charge in [0.1, 0.15) is 0 Å². The molecule has 0 radical (unpaired) electrons. The van der Waals surface area contributed by atoms with E-state index in [0.29, 0.717) is 16.8 Å². The van der Waals surface area contributed by atoms with Gasteiger partial charge in [0.15, 0.2) is 0 Å². The standard InChI is InChI=1S/C15H8N2O2/c16-8-10-3-1-2-4-11(10)9-5-6-13-12(7-9)14(18)15(19)17-13/h1-7H,(H,17,18,19). The minimum absolute atomic E-state index is 0.357. The fourth-order valence-corrected chi connectivity index (χ4v) is 2.14. The van der Waals surface area contributed by atoms with E-state index >= 15 is 0 Å². The van der Waals surface area contributed by atoms with Crippen LogP contribution in [0.4, 0.5) is 5.69 Å². The van der Waals surface area contributed by atoms with E-state index in [1.54, 1.807) is 30.3 Å². The Morgan fingerprint density at radius 2 is 1.79 bits per heavy atom. The molecule has 19 heavy (non-hydrogen) atoms. The maximum Gasteiger partial charge on any atom is 0.296 e. The molecule has 1 aliphatic rings. The number of rotatable bonds is 1. The third-order valence-corrected chi connectivity index (χ3v) is 3.08. The van der Waals surface area contributed by atoms with Gasteiger partial charge in [-0.05, 0) is 29.3 Å². The minimum Gasteiger partial charge on any atom is -0.318 e. The number of carbonyl (C=O) groups excluding carboxylic acids is 2. The predicted molar refractivity (Wildman–Crippen MR) is 69.6 cm³/mol. The quantitative estimate of drug-likeness (QED) is 0.787. The van der Waals surface area contributed by atoms with Gasteiger partial charge in [-0.3, -0.25) is 9.59 Å². The number of nitriles is 1. The Balaban J connectivity index is 2.17. The topological polar surface area (TPSA) is 70.0 Å². The van der Waals surface area contributed by atoms with E-state index in [1.807, 2.05) is 12.1 Å². The molecule has 3 rings (SSSR count). The van der Waals surface area contributed by atoms with Gasteiger partial charge in [0.25, 0.3) is 11.7 Å². The largest absolute Gasteiger partial charge is 0.318 e. The van der Waals surface area contributed by atoms with Crippen LogP contribution in [0.5, 0.6) is 0 Å². The van der Waals surface area contributed by atoms with Crippen molar-refractivity contribution < 1.29 is 9.59 Å². The van der Waals surface area contributed by atoms with Gasteiger partial charge in [-0.15, -0.1) is 0 Å². The number of benzene rings is 2. The van der Waals surface area contributed by atoms with Gasteiger partial charge >= 0.3 is 0 Å². The van der Waals surface area contributed by atoms with Crippen molar-refractivity contribution >= 4 is 17.4 Å². The lowest BCUT2D eigenvalue weighted by Gasteiger charge is -2.05. The summed E-state index contributed by atoms with van der Waals surface area (Å²) in [5.74, 6) is -1.15. The lowest BCUT2D eigenvalue weighted by molar-refractivity contribution is -0.112. The summed E-state index contributed by atoms with van der Waals surface area (Å²) >= 11 is 0. The fraction of sp³-hybridized carbons (Fsp3) is 0. The zero-order chi connectivity index (χ0) is 13.4. The molecule has 2 aromatic carbocycles. The van der Waals surface area contributed by atoms with E-state index in [-0.39, 0.29) is 0 Å². The number of hydrogen-bond donors (Lipinski definition) is 1. The molecular weight excluding hydrogens is 240 g/mol. The van der Waals surface area contributed by atoms with E-state index in [1.165, 1.54) is 0 Å². The second kappa shape index (κ2) is 4.07. The Bertz CT molecular complexity index is 757. The van der Waals surface area contributed by atoms with Crippen LogP contribution in [0.25, 0.3) is 11.1 Å². The molecule has 1 N–H and O–H groups in total. The Hall–Kier alpha value is -2.93. The van der Waals surface area contributed by atoms with Crippen molar-refractivity contribution in [1.82, 2.24) is 0 Å². The van der Waals surface area contributed by atoms with Crippen molar-refractivity contribution in [3.63, 3.8) is 0 Å². The molecule has 0 atom stereocenters. The molecule has 0 bridgehead atoms. The van der Waals surface area contributed by atoms with Crippen LogP contribution in [0, 0.1) is 11.3 Å². The van der Waals surface area contributed by atoms with E-state index in [2.05, 4.69) is 11.4 Å². The predicted octanol–water partition coefficient (Wildman–Crippen LogP) is 2.36. The second-order valence-electron chi connectivity index (χ2n) is 4.20. The molecule has 90 valence electrons. The molecule has 0 saturated heterocycles. The Morgan fingerprint density at radius 1 is 1.00 bits per heavy atom. The number of nitrogens with one attached hydrogen (secondary N) is 1. The molecule has 4 heteroatoms. The van der Waals surface area contributed by atoms with Gasteiger partial charge < -0.3 is 5.32 Å². The number of ketones is 1. The molecule has 1 heterocycles. The first-order valence-electron chi connectivity index (χ1n) is 5.70. The molecule has 0 spiro atoms. The molecule has 0 saturated carbocycles. The molecular formula is C15H8N2O2. The highest BCUT2D eigenvalue weighted by atomic mass is 16.2. The van der Waals surface area contributed by atoms with E-state index in [4.69, 9.17) is 5.26 Å². The number of carbonyl (C=O) groups is 2. The van der Waals surface area contributed by atoms with Gasteiger partial charge in [0, 0.05) is 0 Å². The van der Waals surface area contributed by atoms with Gasteiger partial charge in [-0.1, -0.05) is 24.3 Å². The van der Waals surface area contributed by atoms with Crippen molar-refractivity contribution in [3.8, 4) is 17.2 Å². The fourth-order valence-electron chi connectivity index (χ4n) is 2.14. The summed E-state index contributed by atoms with van der Waals surface area (Å²) < 4.78 is 0. The van der Waals surface area contributed by atoms with Crippen LogP contribution in [0.3, 0.4) is 0 Å². The SMILES string of the molecule is N#Cc1ccccc1-c1ccc2c(c1)C(=O)C(=O)N2. The molecule has 0 unspecified atom stereocenters. The molecule has 2 aromatic rings. The van der Waals surface area contributed by atoms with Crippen molar-refractivity contribution in [2.24, 2.45) is 0 Å². The van der Waals surface area contributed by atoms with Gasteiger partial charge in [0.05, 0.1) is 22.9 Å². The molecule has 4 nitrogen and oxygen atoms in total. The summed E-state index contributed by atoms with van der Waals surface area (Å²) in [5, 5.41) is 11.6. The zero-order valence-electron chi connectivity index (χ0n) is 9.81. The lowest BCUT2D eigenvalue weighted by atomic mass is 9.97. The smallest absolute Gasteiger partial charge is 0.296 e. The van der Waals surface area contributed by atoms with Crippen LogP contribution in [0.15, 0.2) is 42.5 Å². The summed E-state index contributed by atoms with van der Waals surface area (Å²) in [4.78, 5) is 22.9. The van der Waals surface area contributed by atoms with Crippen molar-refractivity contribution in [1.29, 1.82) is 5.26 Å². The summed E-state index contributed by atoms with van der Waals surface area (Å²) in [7, 11) is 0. The number of nitrogens with zero attached hydrogens (tertiary/aromatic N) is 1. The third-order valence-electron chi connectivity index (χ3n) is 3.08. The average Bonchev–Trinajstić information content (AvgIpc) is 2.74. The first-order valence-corrected chi connectivity index (χ1v) is 5.70. The Labute approximate surface area is 109 Å². The Kier molecular flexibility index (Phi) is 2.39. The van der Waals surface area contributed by atoms with Crippen molar-refractivity contribution in [2.75, 3.05) is 5.32 Å². The Morgan fingerprint density at radius 3 is 2.58 bits per heavy atom. The van der Waals surface area contributed by atoms with E-state index in [9.17, 15) is 9.59 Å². The molecule has 0 aromatic heterocycles.